The molecule has 0 atom stereocenters. The van der Waals surface area contributed by atoms with Gasteiger partial charge >= 0.3 is 0 Å². The second kappa shape index (κ2) is 4.80. The molecule has 0 fully saturated rings. The van der Waals surface area contributed by atoms with Crippen LogP contribution < -0.4 is 4.90 Å². The number of rotatable bonds is 4. The fourth-order valence-corrected chi connectivity index (χ4v) is 1.77. The van der Waals surface area contributed by atoms with E-state index in [1.807, 2.05) is 0 Å². The van der Waals surface area contributed by atoms with E-state index < -0.39 is 11.4 Å². The molecule has 0 radical (unpaired) electrons. The van der Waals surface area contributed by atoms with E-state index in [1.165, 1.54) is 6.07 Å². The lowest BCUT2D eigenvalue weighted by atomic mass is 10.1. The largest absolute Gasteiger partial charge is 0.392 e. The zero-order chi connectivity index (χ0) is 12.3. The van der Waals surface area contributed by atoms with E-state index in [2.05, 4.69) is 0 Å². The molecular formula is C12H18FNO2. The standard InChI is InChI=1S/C12H18FNO2/c1-12(2,16)8-14(3)11-9(7-15)5-4-6-10(11)13/h4-6,15-16H,7-8H2,1-3H3. The number of hydrogen-bond acceptors (Lipinski definition) is 3. The van der Waals surface area contributed by atoms with Crippen molar-refractivity contribution in [3.05, 3.63) is 29.6 Å². The van der Waals surface area contributed by atoms with Crippen LogP contribution in [0.3, 0.4) is 0 Å². The average molecular weight is 227 g/mol. The van der Waals surface area contributed by atoms with Crippen molar-refractivity contribution in [2.75, 3.05) is 18.5 Å². The van der Waals surface area contributed by atoms with Crippen LogP contribution in [0.1, 0.15) is 19.4 Å². The van der Waals surface area contributed by atoms with E-state index in [0.29, 0.717) is 17.8 Å². The fourth-order valence-electron chi connectivity index (χ4n) is 1.77. The maximum absolute atomic E-state index is 13.6. The predicted molar refractivity (Wildman–Crippen MR) is 61.9 cm³/mol. The highest BCUT2D eigenvalue weighted by Crippen LogP contribution is 2.24. The van der Waals surface area contributed by atoms with Crippen molar-refractivity contribution in [1.82, 2.24) is 0 Å². The van der Waals surface area contributed by atoms with E-state index in [-0.39, 0.29) is 6.61 Å². The molecule has 0 aliphatic carbocycles. The fraction of sp³-hybridized carbons (Fsp3) is 0.500. The van der Waals surface area contributed by atoms with Crippen molar-refractivity contribution in [2.24, 2.45) is 0 Å². The van der Waals surface area contributed by atoms with Gasteiger partial charge in [-0.1, -0.05) is 12.1 Å². The molecule has 0 saturated carbocycles. The lowest BCUT2D eigenvalue weighted by molar-refractivity contribution is 0.0884. The van der Waals surface area contributed by atoms with Gasteiger partial charge in [0.05, 0.1) is 17.9 Å². The van der Waals surface area contributed by atoms with Gasteiger partial charge in [-0.25, -0.2) is 4.39 Å². The van der Waals surface area contributed by atoms with Crippen LogP contribution in [0, 0.1) is 5.82 Å². The Morgan fingerprint density at radius 1 is 1.38 bits per heavy atom. The first-order chi connectivity index (χ1) is 7.35. The van der Waals surface area contributed by atoms with Crippen LogP contribution in [0.5, 0.6) is 0 Å². The van der Waals surface area contributed by atoms with Gasteiger partial charge in [-0.15, -0.1) is 0 Å². The minimum atomic E-state index is -0.913. The third-order valence-corrected chi connectivity index (χ3v) is 2.25. The Morgan fingerprint density at radius 3 is 2.50 bits per heavy atom. The molecule has 0 heterocycles. The predicted octanol–water partition coefficient (Wildman–Crippen LogP) is 1.53. The number of halogens is 1. The summed E-state index contributed by atoms with van der Waals surface area (Å²) >= 11 is 0. The van der Waals surface area contributed by atoms with Gasteiger partial charge in [0.2, 0.25) is 0 Å². The lowest BCUT2D eigenvalue weighted by Crippen LogP contribution is -2.37. The summed E-state index contributed by atoms with van der Waals surface area (Å²) in [5.41, 5.74) is -0.0529. The molecule has 0 aliphatic rings. The summed E-state index contributed by atoms with van der Waals surface area (Å²) in [5.74, 6) is -0.390. The molecule has 0 spiro atoms. The minimum absolute atomic E-state index is 0.219. The smallest absolute Gasteiger partial charge is 0.146 e. The highest BCUT2D eigenvalue weighted by molar-refractivity contribution is 5.54. The molecule has 0 aromatic heterocycles. The first-order valence-electron chi connectivity index (χ1n) is 5.17. The van der Waals surface area contributed by atoms with Crippen molar-refractivity contribution in [2.45, 2.75) is 26.1 Å². The molecule has 1 aromatic rings. The summed E-state index contributed by atoms with van der Waals surface area (Å²) in [5, 5.41) is 18.8. The van der Waals surface area contributed by atoms with Gasteiger partial charge in [0.25, 0.3) is 0 Å². The number of benzene rings is 1. The molecule has 16 heavy (non-hydrogen) atoms. The molecule has 0 unspecified atom stereocenters. The molecule has 1 rings (SSSR count). The summed E-state index contributed by atoms with van der Waals surface area (Å²) in [6.45, 7) is 3.39. The van der Waals surface area contributed by atoms with Crippen molar-refractivity contribution >= 4 is 5.69 Å². The van der Waals surface area contributed by atoms with Gasteiger partial charge in [-0.3, -0.25) is 0 Å². The first kappa shape index (κ1) is 12.9. The molecule has 0 bridgehead atoms. The van der Waals surface area contributed by atoms with Crippen LogP contribution in [0.4, 0.5) is 10.1 Å². The van der Waals surface area contributed by atoms with Crippen molar-refractivity contribution in [1.29, 1.82) is 0 Å². The highest BCUT2D eigenvalue weighted by atomic mass is 19.1. The molecule has 0 aliphatic heterocycles. The quantitative estimate of drug-likeness (QED) is 0.819. The third kappa shape index (κ3) is 3.18. The topological polar surface area (TPSA) is 43.7 Å². The van der Waals surface area contributed by atoms with E-state index in [1.54, 1.807) is 37.9 Å². The number of aliphatic hydroxyl groups is 2. The van der Waals surface area contributed by atoms with Crippen LogP contribution >= 0.6 is 0 Å². The molecule has 0 saturated heterocycles. The summed E-state index contributed by atoms with van der Waals surface area (Å²) in [6, 6.07) is 4.57. The van der Waals surface area contributed by atoms with Gasteiger partial charge in [0, 0.05) is 19.2 Å². The van der Waals surface area contributed by atoms with Gasteiger partial charge in [0.1, 0.15) is 5.82 Å². The summed E-state index contributed by atoms with van der Waals surface area (Å²) in [4.78, 5) is 1.61. The van der Waals surface area contributed by atoms with Gasteiger partial charge < -0.3 is 15.1 Å². The number of para-hydroxylation sites is 1. The van der Waals surface area contributed by atoms with Gasteiger partial charge in [0.15, 0.2) is 0 Å². The number of hydrogen-bond donors (Lipinski definition) is 2. The zero-order valence-corrected chi connectivity index (χ0v) is 9.87. The number of nitrogens with zero attached hydrogens (tertiary/aromatic N) is 1. The monoisotopic (exact) mass is 227 g/mol. The van der Waals surface area contributed by atoms with Gasteiger partial charge in [-0.2, -0.15) is 0 Å². The van der Waals surface area contributed by atoms with Crippen LogP contribution in [0.15, 0.2) is 18.2 Å². The summed E-state index contributed by atoms with van der Waals surface area (Å²) in [7, 11) is 1.69. The van der Waals surface area contributed by atoms with Crippen molar-refractivity contribution in [3.63, 3.8) is 0 Å². The lowest BCUT2D eigenvalue weighted by Gasteiger charge is -2.28. The average Bonchev–Trinajstić information content (AvgIpc) is 2.14. The number of aliphatic hydroxyl groups excluding tert-OH is 1. The molecule has 4 heteroatoms. The molecule has 2 N–H and O–H groups in total. The van der Waals surface area contributed by atoms with Gasteiger partial charge in [-0.05, 0) is 19.9 Å². The maximum Gasteiger partial charge on any atom is 0.146 e. The molecule has 3 nitrogen and oxygen atoms in total. The van der Waals surface area contributed by atoms with E-state index in [0.717, 1.165) is 0 Å². The Hall–Kier alpha value is -1.13. The highest BCUT2D eigenvalue weighted by Gasteiger charge is 2.19. The van der Waals surface area contributed by atoms with Crippen molar-refractivity contribution in [3.8, 4) is 0 Å². The third-order valence-electron chi connectivity index (χ3n) is 2.25. The normalized spacial score (nSPS) is 11.6. The zero-order valence-electron chi connectivity index (χ0n) is 9.87. The van der Waals surface area contributed by atoms with Crippen LogP contribution in [0.2, 0.25) is 0 Å². The Morgan fingerprint density at radius 2 is 2.00 bits per heavy atom. The molecular weight excluding hydrogens is 209 g/mol. The molecule has 0 amide bonds. The Kier molecular flexibility index (Phi) is 3.88. The van der Waals surface area contributed by atoms with Crippen molar-refractivity contribution < 1.29 is 14.6 Å². The van der Waals surface area contributed by atoms with Crippen LogP contribution in [0.25, 0.3) is 0 Å². The maximum atomic E-state index is 13.6. The molecule has 90 valence electrons. The van der Waals surface area contributed by atoms with Crippen LogP contribution in [-0.2, 0) is 6.61 Å². The minimum Gasteiger partial charge on any atom is -0.392 e. The number of likely N-dealkylation sites (N-methyl/N-ethyl adjacent to an activating group) is 1. The summed E-state index contributed by atoms with van der Waals surface area (Å²) in [6.07, 6.45) is 0. The number of anilines is 1. The Bertz CT molecular complexity index is 361. The van der Waals surface area contributed by atoms with E-state index in [4.69, 9.17) is 5.11 Å². The summed E-state index contributed by atoms with van der Waals surface area (Å²) < 4.78 is 13.6. The second-order valence-electron chi connectivity index (χ2n) is 4.57. The van der Waals surface area contributed by atoms with Crippen LogP contribution in [-0.4, -0.2) is 29.4 Å². The molecule has 1 aromatic carbocycles. The Labute approximate surface area is 95.1 Å². The SMILES string of the molecule is CN(CC(C)(C)O)c1c(F)cccc1CO. The van der Waals surface area contributed by atoms with E-state index >= 15 is 0 Å². The second-order valence-corrected chi connectivity index (χ2v) is 4.57. The van der Waals surface area contributed by atoms with E-state index in [9.17, 15) is 9.50 Å². The first-order valence-corrected chi connectivity index (χ1v) is 5.17. The Balaban J connectivity index is 3.02.